The fourth-order valence-corrected chi connectivity index (χ4v) is 4.74. The van der Waals surface area contributed by atoms with E-state index >= 15 is 0 Å². The standard InChI is InChI=1S/C21H23F3N6O/c22-21(23,24)14-5-3-11-28(13-14)17-9-8-15-19(27-17)30(18-7-4-12-29(15)18)20(31)26-16-6-1-2-10-25-16/h1-2,6,8-10,14,18H,3-5,7,11-13H2,(H,25,26,31). The van der Waals surface area contributed by atoms with Crippen molar-refractivity contribution in [1.82, 2.24) is 9.97 Å². The number of fused-ring (bicyclic) bond motifs is 3. The molecule has 3 aliphatic heterocycles. The lowest BCUT2D eigenvalue weighted by Gasteiger charge is -2.34. The third kappa shape index (κ3) is 3.64. The summed E-state index contributed by atoms with van der Waals surface area (Å²) in [4.78, 5) is 27.4. The van der Waals surface area contributed by atoms with Crippen molar-refractivity contribution in [2.45, 2.75) is 38.0 Å². The van der Waals surface area contributed by atoms with E-state index in [1.807, 2.05) is 6.07 Å². The Kier molecular flexibility index (Phi) is 4.86. The van der Waals surface area contributed by atoms with Gasteiger partial charge in [0, 0.05) is 25.8 Å². The zero-order valence-corrected chi connectivity index (χ0v) is 16.8. The number of carbonyl (C=O) groups is 1. The summed E-state index contributed by atoms with van der Waals surface area (Å²) < 4.78 is 39.8. The summed E-state index contributed by atoms with van der Waals surface area (Å²) in [7, 11) is 0. The minimum atomic E-state index is -4.22. The maximum absolute atomic E-state index is 13.3. The van der Waals surface area contributed by atoms with E-state index in [4.69, 9.17) is 0 Å². The second kappa shape index (κ2) is 7.58. The molecule has 31 heavy (non-hydrogen) atoms. The van der Waals surface area contributed by atoms with Gasteiger partial charge in [0.05, 0.1) is 11.6 Å². The monoisotopic (exact) mass is 432 g/mol. The molecule has 2 aromatic heterocycles. The van der Waals surface area contributed by atoms with Crippen LogP contribution in [0.1, 0.15) is 25.7 Å². The molecule has 0 spiro atoms. The van der Waals surface area contributed by atoms with E-state index in [2.05, 4.69) is 20.2 Å². The van der Waals surface area contributed by atoms with Gasteiger partial charge in [-0.3, -0.25) is 10.2 Å². The number of alkyl halides is 3. The van der Waals surface area contributed by atoms with Crippen molar-refractivity contribution >= 4 is 29.2 Å². The third-order valence-electron chi connectivity index (χ3n) is 6.22. The number of nitrogens with one attached hydrogen (secondary N) is 1. The van der Waals surface area contributed by atoms with Gasteiger partial charge >= 0.3 is 12.2 Å². The predicted octanol–water partition coefficient (Wildman–Crippen LogP) is 4.23. The normalized spacial score (nSPS) is 23.0. The maximum atomic E-state index is 13.3. The van der Waals surface area contributed by atoms with Crippen molar-refractivity contribution in [3.63, 3.8) is 0 Å². The van der Waals surface area contributed by atoms with Gasteiger partial charge in [0.15, 0.2) is 5.82 Å². The first-order valence-corrected chi connectivity index (χ1v) is 10.5. The summed E-state index contributed by atoms with van der Waals surface area (Å²) >= 11 is 0. The summed E-state index contributed by atoms with van der Waals surface area (Å²) in [6.45, 7) is 1.22. The molecule has 2 saturated heterocycles. The van der Waals surface area contributed by atoms with Crippen LogP contribution in [0.4, 0.5) is 41.1 Å². The molecule has 7 nitrogen and oxygen atoms in total. The maximum Gasteiger partial charge on any atom is 0.393 e. The number of carbonyl (C=O) groups excluding carboxylic acids is 1. The van der Waals surface area contributed by atoms with E-state index in [1.54, 1.807) is 40.3 Å². The van der Waals surface area contributed by atoms with Crippen LogP contribution >= 0.6 is 0 Å². The number of piperidine rings is 1. The lowest BCUT2D eigenvalue weighted by molar-refractivity contribution is -0.176. The number of rotatable bonds is 2. The summed E-state index contributed by atoms with van der Waals surface area (Å²) in [6, 6.07) is 8.56. The zero-order valence-electron chi connectivity index (χ0n) is 16.8. The Bertz CT molecular complexity index is 969. The van der Waals surface area contributed by atoms with Crippen LogP contribution in [-0.4, -0.2) is 48.0 Å². The van der Waals surface area contributed by atoms with Gasteiger partial charge in [-0.2, -0.15) is 13.2 Å². The van der Waals surface area contributed by atoms with E-state index in [1.165, 1.54) is 0 Å². The molecule has 10 heteroatoms. The Morgan fingerprint density at radius 2 is 1.94 bits per heavy atom. The highest BCUT2D eigenvalue weighted by Gasteiger charge is 2.45. The second-order valence-electron chi connectivity index (χ2n) is 8.17. The highest BCUT2D eigenvalue weighted by atomic mass is 19.4. The number of aromatic nitrogens is 2. The number of hydrogen-bond acceptors (Lipinski definition) is 5. The van der Waals surface area contributed by atoms with Crippen LogP contribution < -0.4 is 20.0 Å². The lowest BCUT2D eigenvalue weighted by Crippen LogP contribution is -2.45. The Labute approximate surface area is 177 Å². The minimum absolute atomic E-state index is 0.109. The first kappa shape index (κ1) is 19.9. The van der Waals surface area contributed by atoms with Crippen LogP contribution in [-0.2, 0) is 0 Å². The molecule has 0 bridgehead atoms. The molecular weight excluding hydrogens is 409 g/mol. The number of pyridine rings is 2. The second-order valence-corrected chi connectivity index (χ2v) is 8.17. The molecule has 2 atom stereocenters. The molecule has 0 aliphatic carbocycles. The molecule has 2 fully saturated rings. The van der Waals surface area contributed by atoms with Crippen molar-refractivity contribution in [2.75, 3.05) is 39.7 Å². The summed E-state index contributed by atoms with van der Waals surface area (Å²) in [5.74, 6) is 0.0444. The van der Waals surface area contributed by atoms with Crippen LogP contribution in [0, 0.1) is 5.92 Å². The molecule has 2 amide bonds. The lowest BCUT2D eigenvalue weighted by atomic mass is 9.97. The van der Waals surface area contributed by atoms with E-state index in [0.717, 1.165) is 25.1 Å². The molecule has 164 valence electrons. The van der Waals surface area contributed by atoms with Gasteiger partial charge in [-0.05, 0) is 49.9 Å². The third-order valence-corrected chi connectivity index (χ3v) is 6.22. The van der Waals surface area contributed by atoms with Gasteiger partial charge in [-0.15, -0.1) is 0 Å². The average molecular weight is 432 g/mol. The fourth-order valence-electron chi connectivity index (χ4n) is 4.74. The van der Waals surface area contributed by atoms with Crippen LogP contribution in [0.25, 0.3) is 0 Å². The van der Waals surface area contributed by atoms with Crippen LogP contribution in [0.2, 0.25) is 0 Å². The van der Waals surface area contributed by atoms with Gasteiger partial charge in [-0.25, -0.2) is 14.8 Å². The molecule has 0 saturated carbocycles. The van der Waals surface area contributed by atoms with Gasteiger partial charge < -0.3 is 9.80 Å². The van der Waals surface area contributed by atoms with Crippen molar-refractivity contribution in [1.29, 1.82) is 0 Å². The largest absolute Gasteiger partial charge is 0.393 e. The molecule has 0 aromatic carbocycles. The summed E-state index contributed by atoms with van der Waals surface area (Å²) in [6.07, 6.45) is -0.405. The molecule has 5 rings (SSSR count). The number of nitrogens with zero attached hydrogens (tertiary/aromatic N) is 5. The molecule has 2 aromatic rings. The molecule has 5 heterocycles. The van der Waals surface area contributed by atoms with Gasteiger partial charge in [-0.1, -0.05) is 6.07 Å². The Morgan fingerprint density at radius 3 is 2.71 bits per heavy atom. The average Bonchev–Trinajstić information content (AvgIpc) is 3.34. The molecule has 2 unspecified atom stereocenters. The first-order chi connectivity index (χ1) is 14.9. The van der Waals surface area contributed by atoms with Crippen LogP contribution in [0.3, 0.4) is 0 Å². The summed E-state index contributed by atoms with van der Waals surface area (Å²) in [5, 5.41) is 2.81. The van der Waals surface area contributed by atoms with E-state index in [9.17, 15) is 18.0 Å². The van der Waals surface area contributed by atoms with Gasteiger partial charge in [0.25, 0.3) is 0 Å². The minimum Gasteiger partial charge on any atom is -0.356 e. The van der Waals surface area contributed by atoms with Crippen molar-refractivity contribution < 1.29 is 18.0 Å². The number of halogens is 3. The van der Waals surface area contributed by atoms with E-state index < -0.39 is 12.1 Å². The number of hydrogen-bond donors (Lipinski definition) is 1. The van der Waals surface area contributed by atoms with Crippen molar-refractivity contribution in [3.8, 4) is 0 Å². The SMILES string of the molecule is O=C(Nc1ccccn1)N1c2nc(N3CCCC(C(F)(F)F)C3)ccc2N2CCCC21. The number of urea groups is 1. The van der Waals surface area contributed by atoms with E-state index in [-0.39, 0.29) is 25.2 Å². The molecule has 3 aliphatic rings. The quantitative estimate of drug-likeness (QED) is 0.769. The van der Waals surface area contributed by atoms with Crippen molar-refractivity contribution in [3.05, 3.63) is 36.5 Å². The molecular formula is C21H23F3N6O. The fraction of sp³-hybridized carbons (Fsp3) is 0.476. The Balaban J connectivity index is 1.44. The highest BCUT2D eigenvalue weighted by molar-refractivity contribution is 6.05. The smallest absolute Gasteiger partial charge is 0.356 e. The van der Waals surface area contributed by atoms with Crippen LogP contribution in [0.5, 0.6) is 0 Å². The zero-order chi connectivity index (χ0) is 21.6. The number of amides is 2. The van der Waals surface area contributed by atoms with E-state index in [0.29, 0.717) is 30.4 Å². The number of anilines is 4. The summed E-state index contributed by atoms with van der Waals surface area (Å²) in [5.41, 5.74) is 0.840. The Hall–Kier alpha value is -3.04. The van der Waals surface area contributed by atoms with Crippen LogP contribution in [0.15, 0.2) is 36.5 Å². The predicted molar refractivity (Wildman–Crippen MR) is 111 cm³/mol. The Morgan fingerprint density at radius 1 is 1.10 bits per heavy atom. The first-order valence-electron chi connectivity index (χ1n) is 10.5. The van der Waals surface area contributed by atoms with Gasteiger partial charge in [0.1, 0.15) is 17.8 Å². The topological polar surface area (TPSA) is 64.6 Å². The highest BCUT2D eigenvalue weighted by Crippen LogP contribution is 2.44. The molecule has 0 radical (unpaired) electrons. The van der Waals surface area contributed by atoms with Gasteiger partial charge in [0.2, 0.25) is 0 Å². The van der Waals surface area contributed by atoms with Crippen molar-refractivity contribution in [2.24, 2.45) is 5.92 Å². The molecule has 1 N–H and O–H groups in total.